The molecule has 0 aromatic heterocycles. The third-order valence-electron chi connectivity index (χ3n) is 3.14. The molecule has 1 aromatic carbocycles. The highest BCUT2D eigenvalue weighted by Gasteiger charge is 2.15. The van der Waals surface area contributed by atoms with Crippen molar-refractivity contribution in [1.82, 2.24) is 0 Å². The third-order valence-corrected chi connectivity index (χ3v) is 3.92. The maximum atomic E-state index is 11.1. The van der Waals surface area contributed by atoms with Crippen molar-refractivity contribution in [2.75, 3.05) is 0 Å². The van der Waals surface area contributed by atoms with E-state index < -0.39 is 7.60 Å². The van der Waals surface area contributed by atoms with Gasteiger partial charge < -0.3 is 9.79 Å². The summed E-state index contributed by atoms with van der Waals surface area (Å²) in [7, 11) is -3.98. The van der Waals surface area contributed by atoms with Gasteiger partial charge in [-0.05, 0) is 42.4 Å². The van der Waals surface area contributed by atoms with E-state index in [0.29, 0.717) is 0 Å². The fourth-order valence-corrected chi connectivity index (χ4v) is 2.88. The van der Waals surface area contributed by atoms with E-state index in [1.807, 2.05) is 12.1 Å². The quantitative estimate of drug-likeness (QED) is 0.708. The Balaban J connectivity index is 2.91. The number of rotatable bonds is 8. The summed E-state index contributed by atoms with van der Waals surface area (Å²) in [5, 5.41) is 0. The monoisotopic (exact) mass is 284 g/mol. The summed E-state index contributed by atoms with van der Waals surface area (Å²) >= 11 is 0. The molecule has 0 aliphatic heterocycles. The van der Waals surface area contributed by atoms with Crippen LogP contribution in [0.3, 0.4) is 0 Å². The molecule has 0 fully saturated rings. The zero-order valence-corrected chi connectivity index (χ0v) is 12.8. The number of unbranched alkanes of at least 4 members (excludes halogenated alkanes) is 2. The van der Waals surface area contributed by atoms with Crippen LogP contribution in [0.4, 0.5) is 0 Å². The predicted molar refractivity (Wildman–Crippen MR) is 79.4 cm³/mol. The summed E-state index contributed by atoms with van der Waals surface area (Å²) in [5.74, 6) is 0. The Morgan fingerprint density at radius 3 is 1.68 bits per heavy atom. The third kappa shape index (κ3) is 6.91. The minimum absolute atomic E-state index is 0.147. The first kappa shape index (κ1) is 16.4. The van der Waals surface area contributed by atoms with Gasteiger partial charge in [-0.15, -0.1) is 0 Å². The number of benzene rings is 1. The second-order valence-corrected chi connectivity index (χ2v) is 6.83. The molecule has 0 radical (unpaired) electrons. The predicted octanol–water partition coefficient (Wildman–Crippen LogP) is 4.05. The average Bonchev–Trinajstić information content (AvgIpc) is 2.31. The maximum absolute atomic E-state index is 11.1. The van der Waals surface area contributed by atoms with Gasteiger partial charge >= 0.3 is 7.60 Å². The molecule has 2 N–H and O–H groups in total. The smallest absolute Gasteiger partial charge is 0.324 e. The Labute approximate surface area is 116 Å². The first-order chi connectivity index (χ1) is 8.94. The lowest BCUT2D eigenvalue weighted by Gasteiger charge is -2.10. The first-order valence-electron chi connectivity index (χ1n) is 7.11. The maximum Gasteiger partial charge on any atom is 0.329 e. The zero-order valence-electron chi connectivity index (χ0n) is 11.9. The Hall–Kier alpha value is -0.630. The summed E-state index contributed by atoms with van der Waals surface area (Å²) < 4.78 is 11.1. The second-order valence-electron chi connectivity index (χ2n) is 5.19. The molecule has 4 heteroatoms. The number of hydrogen-bond acceptors (Lipinski definition) is 1. The molecule has 0 aliphatic rings. The Morgan fingerprint density at radius 1 is 0.895 bits per heavy atom. The lowest BCUT2D eigenvalue weighted by atomic mass is 9.99. The van der Waals surface area contributed by atoms with Crippen molar-refractivity contribution in [2.45, 2.75) is 58.5 Å². The van der Waals surface area contributed by atoms with Gasteiger partial charge in [-0.3, -0.25) is 4.57 Å². The Kier molecular flexibility index (Phi) is 6.78. The number of hydrogen-bond donors (Lipinski definition) is 2. The lowest BCUT2D eigenvalue weighted by Crippen LogP contribution is -1.95. The molecular weight excluding hydrogens is 259 g/mol. The van der Waals surface area contributed by atoms with Crippen LogP contribution in [0.1, 0.15) is 56.2 Å². The van der Waals surface area contributed by atoms with Crippen molar-refractivity contribution in [3.63, 3.8) is 0 Å². The van der Waals surface area contributed by atoms with Gasteiger partial charge in [0.1, 0.15) is 0 Å². The summed E-state index contributed by atoms with van der Waals surface area (Å²) in [6.45, 7) is 4.30. The van der Waals surface area contributed by atoms with Crippen LogP contribution in [0, 0.1) is 0 Å². The largest absolute Gasteiger partial charge is 0.329 e. The summed E-state index contributed by atoms with van der Waals surface area (Å²) in [6, 6.07) is 6.09. The SMILES string of the molecule is CCCCc1cc(CCCC)cc(CP(=O)(O)O)c1. The van der Waals surface area contributed by atoms with Crippen LogP contribution in [0.25, 0.3) is 0 Å². The normalized spacial score (nSPS) is 11.8. The standard InChI is InChI=1S/C15H25O3P/c1-3-5-7-13-9-14(8-6-4-2)11-15(10-13)12-19(16,17)18/h9-11H,3-8,12H2,1-2H3,(H2,16,17,18). The van der Waals surface area contributed by atoms with Crippen molar-refractivity contribution in [2.24, 2.45) is 0 Å². The highest BCUT2D eigenvalue weighted by Crippen LogP contribution is 2.39. The van der Waals surface area contributed by atoms with Gasteiger partial charge in [-0.2, -0.15) is 0 Å². The van der Waals surface area contributed by atoms with Crippen molar-refractivity contribution >= 4 is 7.60 Å². The fraction of sp³-hybridized carbons (Fsp3) is 0.600. The van der Waals surface area contributed by atoms with Crippen molar-refractivity contribution in [3.05, 3.63) is 34.9 Å². The Morgan fingerprint density at radius 2 is 1.32 bits per heavy atom. The van der Waals surface area contributed by atoms with Crippen molar-refractivity contribution in [1.29, 1.82) is 0 Å². The fourth-order valence-electron chi connectivity index (χ4n) is 2.22. The molecular formula is C15H25O3P. The highest BCUT2D eigenvalue weighted by molar-refractivity contribution is 7.50. The molecule has 1 rings (SSSR count). The summed E-state index contributed by atoms with van der Waals surface area (Å²) in [4.78, 5) is 18.2. The average molecular weight is 284 g/mol. The molecule has 0 amide bonds. The van der Waals surface area contributed by atoms with Crippen molar-refractivity contribution < 1.29 is 14.4 Å². The van der Waals surface area contributed by atoms with Gasteiger partial charge in [0.05, 0.1) is 6.16 Å². The molecule has 0 unspecified atom stereocenters. The Bertz CT molecular complexity index is 411. The summed E-state index contributed by atoms with van der Waals surface area (Å²) in [5.41, 5.74) is 3.19. The van der Waals surface area contributed by atoms with Gasteiger partial charge in [0, 0.05) is 0 Å². The van der Waals surface area contributed by atoms with Crippen LogP contribution < -0.4 is 0 Å². The molecule has 3 nitrogen and oxygen atoms in total. The molecule has 0 saturated heterocycles. The minimum Gasteiger partial charge on any atom is -0.324 e. The van der Waals surface area contributed by atoms with E-state index in [4.69, 9.17) is 9.79 Å². The molecule has 19 heavy (non-hydrogen) atoms. The van der Waals surface area contributed by atoms with Crippen LogP contribution in [0.5, 0.6) is 0 Å². The molecule has 1 aromatic rings. The van der Waals surface area contributed by atoms with Gasteiger partial charge in [-0.1, -0.05) is 44.9 Å². The molecule has 0 aliphatic carbocycles. The van der Waals surface area contributed by atoms with Crippen LogP contribution in [-0.4, -0.2) is 9.79 Å². The van der Waals surface area contributed by atoms with Gasteiger partial charge in [0.25, 0.3) is 0 Å². The van der Waals surface area contributed by atoms with Gasteiger partial charge in [0.2, 0.25) is 0 Å². The van der Waals surface area contributed by atoms with E-state index in [0.717, 1.165) is 44.1 Å². The lowest BCUT2D eigenvalue weighted by molar-refractivity contribution is 0.371. The van der Waals surface area contributed by atoms with Crippen LogP contribution in [0.15, 0.2) is 18.2 Å². The van der Waals surface area contributed by atoms with E-state index in [9.17, 15) is 4.57 Å². The minimum atomic E-state index is -3.98. The topological polar surface area (TPSA) is 57.5 Å². The molecule has 0 saturated carbocycles. The van der Waals surface area contributed by atoms with E-state index >= 15 is 0 Å². The molecule has 0 bridgehead atoms. The highest BCUT2D eigenvalue weighted by atomic mass is 31.2. The number of aryl methyl sites for hydroxylation is 2. The molecule has 0 heterocycles. The van der Waals surface area contributed by atoms with E-state index in [1.54, 1.807) is 0 Å². The van der Waals surface area contributed by atoms with E-state index in [-0.39, 0.29) is 6.16 Å². The van der Waals surface area contributed by atoms with E-state index in [2.05, 4.69) is 19.9 Å². The van der Waals surface area contributed by atoms with Gasteiger partial charge in [0.15, 0.2) is 0 Å². The molecule has 108 valence electrons. The zero-order chi connectivity index (χ0) is 14.3. The molecule has 0 atom stereocenters. The van der Waals surface area contributed by atoms with E-state index in [1.165, 1.54) is 11.1 Å². The molecule has 0 spiro atoms. The van der Waals surface area contributed by atoms with Gasteiger partial charge in [-0.25, -0.2) is 0 Å². The summed E-state index contributed by atoms with van der Waals surface area (Å²) in [6.07, 6.45) is 6.33. The van der Waals surface area contributed by atoms with Crippen LogP contribution >= 0.6 is 7.60 Å². The second kappa shape index (κ2) is 7.84. The first-order valence-corrected chi connectivity index (χ1v) is 8.90. The van der Waals surface area contributed by atoms with Crippen molar-refractivity contribution in [3.8, 4) is 0 Å². The van der Waals surface area contributed by atoms with Crippen LogP contribution in [0.2, 0.25) is 0 Å². The van der Waals surface area contributed by atoms with Crippen LogP contribution in [-0.2, 0) is 23.6 Å².